The van der Waals surface area contributed by atoms with E-state index in [4.69, 9.17) is 16.4 Å². The topological polar surface area (TPSA) is 112 Å². The summed E-state index contributed by atoms with van der Waals surface area (Å²) in [5.74, 6) is 0.513. The van der Waals surface area contributed by atoms with Crippen molar-refractivity contribution in [3.8, 4) is 6.07 Å². The summed E-state index contributed by atoms with van der Waals surface area (Å²) in [4.78, 5) is 12.0. The predicted molar refractivity (Wildman–Crippen MR) is 99.7 cm³/mol. The van der Waals surface area contributed by atoms with Crippen LogP contribution in [-0.2, 0) is 0 Å². The number of nitrogens with one attached hydrogen (secondary N) is 1. The Bertz CT molecular complexity index is 860. The lowest BCUT2D eigenvalue weighted by molar-refractivity contribution is 0.946. The third-order valence-electron chi connectivity index (χ3n) is 3.81. The predicted octanol–water partition coefficient (Wildman–Crippen LogP) is 3.53. The van der Waals surface area contributed by atoms with Gasteiger partial charge in [-0.3, -0.25) is 5.41 Å². The minimum atomic E-state index is 0.207. The van der Waals surface area contributed by atoms with Crippen molar-refractivity contribution < 1.29 is 0 Å². The summed E-state index contributed by atoms with van der Waals surface area (Å²) >= 11 is 0. The Hall–Kier alpha value is -3.33. The highest BCUT2D eigenvalue weighted by Crippen LogP contribution is 2.25. The van der Waals surface area contributed by atoms with E-state index in [2.05, 4.69) is 34.5 Å². The van der Waals surface area contributed by atoms with Crippen molar-refractivity contribution in [2.24, 2.45) is 10.7 Å². The maximum Gasteiger partial charge on any atom is 0.172 e. The van der Waals surface area contributed by atoms with Crippen LogP contribution in [0.25, 0.3) is 0 Å². The van der Waals surface area contributed by atoms with Crippen molar-refractivity contribution in [2.45, 2.75) is 26.7 Å². The van der Waals surface area contributed by atoms with Crippen molar-refractivity contribution in [1.29, 1.82) is 10.7 Å². The Morgan fingerprint density at radius 2 is 2.20 bits per heavy atom. The van der Waals surface area contributed by atoms with E-state index >= 15 is 0 Å². The molecule has 0 aliphatic heterocycles. The van der Waals surface area contributed by atoms with Crippen molar-refractivity contribution >= 4 is 17.4 Å². The van der Waals surface area contributed by atoms with Crippen LogP contribution in [0.1, 0.15) is 32.4 Å². The molecule has 1 aromatic rings. The van der Waals surface area contributed by atoms with E-state index in [1.165, 1.54) is 18.0 Å². The summed E-state index contributed by atoms with van der Waals surface area (Å²) in [7, 11) is 0. The molecule has 0 saturated carbocycles. The van der Waals surface area contributed by atoms with Gasteiger partial charge in [0.1, 0.15) is 11.9 Å². The Kier molecular flexibility index (Phi) is 5.75. The van der Waals surface area contributed by atoms with Crippen LogP contribution in [-0.4, -0.2) is 21.5 Å². The van der Waals surface area contributed by atoms with E-state index < -0.39 is 0 Å². The van der Waals surface area contributed by atoms with Crippen LogP contribution in [0.15, 0.2) is 64.5 Å². The van der Waals surface area contributed by atoms with Gasteiger partial charge in [-0.1, -0.05) is 24.3 Å². The number of nitrogens with zero attached hydrogens (tertiary/aromatic N) is 4. The van der Waals surface area contributed by atoms with Crippen LogP contribution >= 0.6 is 0 Å². The first-order valence-electron chi connectivity index (χ1n) is 7.82. The van der Waals surface area contributed by atoms with Gasteiger partial charge in [-0.25, -0.2) is 15.0 Å². The number of nitrogens with two attached hydrogens (primary N) is 1. The van der Waals surface area contributed by atoms with Gasteiger partial charge < -0.3 is 5.73 Å². The second-order valence-electron chi connectivity index (χ2n) is 5.72. The maximum atomic E-state index is 8.71. The van der Waals surface area contributed by atoms with Crippen molar-refractivity contribution in [2.75, 3.05) is 0 Å². The standard InChI is InChI=1S/C19H20N6/c1-12-6-4-5-7-16(12)14(3)19(22)13(2)8-17(21)25-18-11-23-15(9-20)10-24-18/h5,7-8,10-11,22H,3-4,6H2,1-2H3,(H2,21,24,25)/b13-8-,22-19?. The van der Waals surface area contributed by atoms with Gasteiger partial charge in [0, 0.05) is 0 Å². The normalized spacial score (nSPS) is 15.1. The molecule has 25 heavy (non-hydrogen) atoms. The van der Waals surface area contributed by atoms with Crippen molar-refractivity contribution in [1.82, 2.24) is 9.97 Å². The lowest BCUT2D eigenvalue weighted by atomic mass is 9.89. The summed E-state index contributed by atoms with van der Waals surface area (Å²) in [5, 5.41) is 17.0. The fourth-order valence-corrected chi connectivity index (χ4v) is 2.40. The summed E-state index contributed by atoms with van der Waals surface area (Å²) < 4.78 is 0. The molecule has 0 bridgehead atoms. The molecule has 6 nitrogen and oxygen atoms in total. The van der Waals surface area contributed by atoms with Crippen LogP contribution in [0.4, 0.5) is 5.82 Å². The fourth-order valence-electron chi connectivity index (χ4n) is 2.40. The summed E-state index contributed by atoms with van der Waals surface area (Å²) in [6.07, 6.45) is 10.4. The number of aromatic nitrogens is 2. The molecule has 1 aromatic heterocycles. The van der Waals surface area contributed by atoms with Crippen LogP contribution in [0.2, 0.25) is 0 Å². The highest BCUT2D eigenvalue weighted by atomic mass is 15.0. The fraction of sp³-hybridized carbons (Fsp3) is 0.211. The second-order valence-corrected chi connectivity index (χ2v) is 5.72. The Labute approximate surface area is 147 Å². The zero-order valence-electron chi connectivity index (χ0n) is 14.4. The minimum Gasteiger partial charge on any atom is -0.384 e. The molecule has 1 aliphatic rings. The highest BCUT2D eigenvalue weighted by Gasteiger charge is 2.13. The molecular weight excluding hydrogens is 312 g/mol. The number of rotatable bonds is 5. The maximum absolute atomic E-state index is 8.71. The van der Waals surface area contributed by atoms with Crippen molar-refractivity contribution in [3.63, 3.8) is 0 Å². The molecule has 0 fully saturated rings. The third kappa shape index (κ3) is 4.58. The van der Waals surface area contributed by atoms with Gasteiger partial charge in [0.2, 0.25) is 0 Å². The van der Waals surface area contributed by atoms with Gasteiger partial charge in [-0.2, -0.15) is 5.26 Å². The highest BCUT2D eigenvalue weighted by molar-refractivity contribution is 6.15. The van der Waals surface area contributed by atoms with E-state index in [0.717, 1.165) is 18.4 Å². The van der Waals surface area contributed by atoms with E-state index in [0.29, 0.717) is 22.7 Å². The van der Waals surface area contributed by atoms with Crippen LogP contribution < -0.4 is 5.73 Å². The molecule has 6 heteroatoms. The van der Waals surface area contributed by atoms with Gasteiger partial charge in [-0.15, -0.1) is 0 Å². The van der Waals surface area contributed by atoms with Gasteiger partial charge in [0.25, 0.3) is 0 Å². The first-order valence-corrected chi connectivity index (χ1v) is 7.82. The smallest absolute Gasteiger partial charge is 0.172 e. The second kappa shape index (κ2) is 7.97. The summed E-state index contributed by atoms with van der Waals surface area (Å²) in [5.41, 5.74) is 10.0. The SMILES string of the molecule is C=C(C(=N)/C(C)=C\C(N)=Nc1cnc(C#N)cn1)C1=C(C)CCC=C1. The molecule has 0 saturated heterocycles. The molecule has 3 N–H and O–H groups in total. The van der Waals surface area contributed by atoms with Crippen LogP contribution in [0, 0.1) is 16.7 Å². The van der Waals surface area contributed by atoms with Gasteiger partial charge in [0.15, 0.2) is 11.5 Å². The largest absolute Gasteiger partial charge is 0.384 e. The van der Waals surface area contributed by atoms with E-state index in [-0.39, 0.29) is 11.5 Å². The van der Waals surface area contributed by atoms with E-state index in [1.807, 2.05) is 12.1 Å². The quantitative estimate of drug-likeness (QED) is 0.634. The third-order valence-corrected chi connectivity index (χ3v) is 3.81. The Morgan fingerprint density at radius 1 is 1.44 bits per heavy atom. The number of nitriles is 1. The van der Waals surface area contributed by atoms with Crippen molar-refractivity contribution in [3.05, 3.63) is 65.2 Å². The van der Waals surface area contributed by atoms with Gasteiger partial charge >= 0.3 is 0 Å². The summed E-state index contributed by atoms with van der Waals surface area (Å²) in [6, 6.07) is 1.89. The molecule has 0 amide bonds. The molecule has 0 aromatic carbocycles. The molecule has 0 spiro atoms. The van der Waals surface area contributed by atoms with Crippen LogP contribution in [0.5, 0.6) is 0 Å². The number of hydrogen-bond donors (Lipinski definition) is 2. The monoisotopic (exact) mass is 332 g/mol. The average molecular weight is 332 g/mol. The molecule has 1 aliphatic carbocycles. The molecular formula is C19H20N6. The van der Waals surface area contributed by atoms with Crippen LogP contribution in [0.3, 0.4) is 0 Å². The Morgan fingerprint density at radius 3 is 2.80 bits per heavy atom. The number of hydrogen-bond acceptors (Lipinski definition) is 5. The molecule has 2 rings (SSSR count). The molecule has 0 unspecified atom stereocenters. The molecule has 0 radical (unpaired) electrons. The minimum absolute atomic E-state index is 0.207. The number of allylic oxidation sites excluding steroid dienone is 6. The van der Waals surface area contributed by atoms with Gasteiger partial charge in [-0.05, 0) is 49.5 Å². The van der Waals surface area contributed by atoms with E-state index in [9.17, 15) is 0 Å². The molecule has 0 atom stereocenters. The number of aliphatic imine (C=N–C) groups is 1. The lowest BCUT2D eigenvalue weighted by Crippen LogP contribution is -2.12. The first-order chi connectivity index (χ1) is 11.9. The number of amidine groups is 1. The van der Waals surface area contributed by atoms with E-state index in [1.54, 1.807) is 13.0 Å². The molecule has 126 valence electrons. The Balaban J connectivity index is 2.17. The lowest BCUT2D eigenvalue weighted by Gasteiger charge is -2.16. The summed E-state index contributed by atoms with van der Waals surface area (Å²) in [6.45, 7) is 7.91. The first kappa shape index (κ1) is 18.0. The zero-order chi connectivity index (χ0) is 18.4. The zero-order valence-corrected chi connectivity index (χ0v) is 14.4. The average Bonchev–Trinajstić information content (AvgIpc) is 2.61. The molecule has 1 heterocycles. The van der Waals surface area contributed by atoms with Gasteiger partial charge in [0.05, 0.1) is 18.1 Å².